The van der Waals surface area contributed by atoms with Crippen molar-refractivity contribution in [3.8, 4) is 5.75 Å². The van der Waals surface area contributed by atoms with E-state index in [0.29, 0.717) is 5.69 Å². The molecule has 1 aliphatic heterocycles. The molecule has 32 heavy (non-hydrogen) atoms. The van der Waals surface area contributed by atoms with Crippen molar-refractivity contribution >= 4 is 27.3 Å². The number of sulfonamides is 1. The van der Waals surface area contributed by atoms with Gasteiger partial charge in [-0.25, -0.2) is 8.42 Å². The molecule has 0 saturated carbocycles. The number of benzene rings is 3. The van der Waals surface area contributed by atoms with Gasteiger partial charge in [0.05, 0.1) is 12.8 Å². The van der Waals surface area contributed by atoms with Crippen LogP contribution in [0.5, 0.6) is 5.75 Å². The molecule has 0 N–H and O–H groups in total. The number of nitrogens with zero attached hydrogens (tertiary/aromatic N) is 2. The van der Waals surface area contributed by atoms with Crippen molar-refractivity contribution in [1.82, 2.24) is 0 Å². The summed E-state index contributed by atoms with van der Waals surface area (Å²) in [6.07, 6.45) is 0.742. The van der Waals surface area contributed by atoms with E-state index in [0.717, 1.165) is 23.2 Å². The topological polar surface area (TPSA) is 66.9 Å². The van der Waals surface area contributed by atoms with Crippen molar-refractivity contribution in [2.75, 3.05) is 22.9 Å². The van der Waals surface area contributed by atoms with E-state index in [-0.39, 0.29) is 29.1 Å². The third-order valence-corrected chi connectivity index (χ3v) is 7.48. The Labute approximate surface area is 189 Å². The summed E-state index contributed by atoms with van der Waals surface area (Å²) < 4.78 is 34.1. The maximum Gasteiger partial charge on any atom is 0.268 e. The van der Waals surface area contributed by atoms with Gasteiger partial charge in [-0.15, -0.1) is 0 Å². The minimum absolute atomic E-state index is 0.0338. The molecule has 4 rings (SSSR count). The monoisotopic (exact) mass is 450 g/mol. The minimum Gasteiger partial charge on any atom is -0.495 e. The third-order valence-electron chi connectivity index (χ3n) is 5.69. The zero-order valence-electron chi connectivity index (χ0n) is 18.4. The second-order valence-corrected chi connectivity index (χ2v) is 9.78. The molecule has 1 atom stereocenters. The number of para-hydroxylation sites is 2. The summed E-state index contributed by atoms with van der Waals surface area (Å²) in [5.41, 5.74) is 3.13. The average Bonchev–Trinajstić information content (AvgIpc) is 3.13. The summed E-state index contributed by atoms with van der Waals surface area (Å²) >= 11 is 0. The first-order valence-corrected chi connectivity index (χ1v) is 11.9. The molecule has 6 nitrogen and oxygen atoms in total. The molecule has 3 aromatic carbocycles. The second-order valence-electron chi connectivity index (χ2n) is 7.95. The van der Waals surface area contributed by atoms with Gasteiger partial charge in [0, 0.05) is 11.7 Å². The maximum atomic E-state index is 13.8. The zero-order valence-corrected chi connectivity index (χ0v) is 19.2. The molecule has 0 unspecified atom stereocenters. The van der Waals surface area contributed by atoms with Crippen LogP contribution in [0.4, 0.5) is 11.4 Å². The summed E-state index contributed by atoms with van der Waals surface area (Å²) in [7, 11) is -2.64. The summed E-state index contributed by atoms with van der Waals surface area (Å²) in [5.74, 6) is -0.0367. The van der Waals surface area contributed by atoms with Crippen molar-refractivity contribution in [1.29, 1.82) is 0 Å². The van der Waals surface area contributed by atoms with Gasteiger partial charge < -0.3 is 9.64 Å². The molecule has 1 heterocycles. The van der Waals surface area contributed by atoms with Gasteiger partial charge in [-0.05, 0) is 61.7 Å². The molecule has 7 heteroatoms. The quantitative estimate of drug-likeness (QED) is 0.565. The van der Waals surface area contributed by atoms with Crippen LogP contribution in [0.25, 0.3) is 0 Å². The lowest BCUT2D eigenvalue weighted by molar-refractivity contribution is -0.117. The van der Waals surface area contributed by atoms with Crippen molar-refractivity contribution in [3.63, 3.8) is 0 Å². The number of anilines is 2. The molecule has 0 saturated heterocycles. The molecule has 0 bridgehead atoms. The van der Waals surface area contributed by atoms with E-state index in [9.17, 15) is 13.2 Å². The Morgan fingerprint density at radius 1 is 1.06 bits per heavy atom. The van der Waals surface area contributed by atoms with Gasteiger partial charge in [0.2, 0.25) is 5.91 Å². The maximum absolute atomic E-state index is 13.8. The largest absolute Gasteiger partial charge is 0.495 e. The molecule has 1 amide bonds. The number of methoxy groups -OCH3 is 1. The lowest BCUT2D eigenvalue weighted by atomic mass is 10.1. The number of aryl methyl sites for hydroxylation is 1. The number of hydrogen-bond acceptors (Lipinski definition) is 4. The van der Waals surface area contributed by atoms with E-state index in [1.54, 1.807) is 47.4 Å². The summed E-state index contributed by atoms with van der Waals surface area (Å²) in [6.45, 7) is 3.48. The number of rotatable bonds is 6. The van der Waals surface area contributed by atoms with Gasteiger partial charge in [0.15, 0.2) is 0 Å². The van der Waals surface area contributed by atoms with Crippen LogP contribution in [-0.4, -0.2) is 34.0 Å². The van der Waals surface area contributed by atoms with Gasteiger partial charge in [0.1, 0.15) is 17.2 Å². The Morgan fingerprint density at radius 2 is 1.75 bits per heavy atom. The smallest absolute Gasteiger partial charge is 0.268 e. The first-order chi connectivity index (χ1) is 15.3. The van der Waals surface area contributed by atoms with Crippen LogP contribution in [0, 0.1) is 6.92 Å². The van der Waals surface area contributed by atoms with Crippen LogP contribution in [-0.2, 0) is 21.2 Å². The Morgan fingerprint density at radius 3 is 2.47 bits per heavy atom. The molecule has 0 aromatic heterocycles. The van der Waals surface area contributed by atoms with E-state index in [2.05, 4.69) is 0 Å². The number of fused-ring (bicyclic) bond motifs is 1. The standard InChI is InChI=1S/C25H26N2O4S/c1-18-13-14-23(31-3)24(15-18)32(29,30)26(21-10-5-4-6-11-21)17-25(28)27-19(2)16-20-9-7-8-12-22(20)27/h4-15,19H,16-17H2,1-3H3/t19-/m1/s1. The van der Waals surface area contributed by atoms with Gasteiger partial charge >= 0.3 is 0 Å². The highest BCUT2D eigenvalue weighted by atomic mass is 32.2. The number of carbonyl (C=O) groups is 1. The van der Waals surface area contributed by atoms with Gasteiger partial charge in [-0.2, -0.15) is 0 Å². The lowest BCUT2D eigenvalue weighted by Gasteiger charge is -2.29. The van der Waals surface area contributed by atoms with Gasteiger partial charge in [0.25, 0.3) is 10.0 Å². The van der Waals surface area contributed by atoms with Crippen LogP contribution in [0.3, 0.4) is 0 Å². The van der Waals surface area contributed by atoms with Gasteiger partial charge in [-0.1, -0.05) is 42.5 Å². The highest BCUT2D eigenvalue weighted by Gasteiger charge is 2.35. The van der Waals surface area contributed by atoms with Gasteiger partial charge in [-0.3, -0.25) is 9.10 Å². The SMILES string of the molecule is COc1ccc(C)cc1S(=O)(=O)N(CC(=O)N1c2ccccc2C[C@H]1C)c1ccccc1. The number of hydrogen-bond donors (Lipinski definition) is 0. The van der Waals surface area contributed by atoms with E-state index in [1.807, 2.05) is 44.2 Å². The van der Waals surface area contributed by atoms with E-state index >= 15 is 0 Å². The Kier molecular flexibility index (Phi) is 5.93. The fraction of sp³-hybridized carbons (Fsp3) is 0.240. The van der Waals surface area contributed by atoms with E-state index < -0.39 is 10.0 Å². The van der Waals surface area contributed by atoms with E-state index in [4.69, 9.17) is 4.74 Å². The van der Waals surface area contributed by atoms with Crippen molar-refractivity contribution < 1.29 is 17.9 Å². The van der Waals surface area contributed by atoms with Crippen LogP contribution in [0.2, 0.25) is 0 Å². The van der Waals surface area contributed by atoms with Crippen LogP contribution in [0.1, 0.15) is 18.1 Å². The van der Waals surface area contributed by atoms with Crippen molar-refractivity contribution in [2.45, 2.75) is 31.2 Å². The molecule has 1 aliphatic rings. The molecular formula is C25H26N2O4S. The average molecular weight is 451 g/mol. The van der Waals surface area contributed by atoms with Crippen LogP contribution in [0.15, 0.2) is 77.7 Å². The molecule has 0 spiro atoms. The molecule has 0 aliphatic carbocycles. The third kappa shape index (κ3) is 3.96. The van der Waals surface area contributed by atoms with E-state index in [1.165, 1.54) is 11.4 Å². The Balaban J connectivity index is 1.76. The number of amides is 1. The predicted octanol–water partition coefficient (Wildman–Crippen LogP) is 4.18. The summed E-state index contributed by atoms with van der Waals surface area (Å²) in [4.78, 5) is 15.2. The van der Waals surface area contributed by atoms with Crippen LogP contribution < -0.4 is 13.9 Å². The summed E-state index contributed by atoms with van der Waals surface area (Å²) in [6, 6.07) is 21.4. The lowest BCUT2D eigenvalue weighted by Crippen LogP contribution is -2.45. The molecule has 166 valence electrons. The number of carbonyl (C=O) groups excluding carboxylic acids is 1. The highest BCUT2D eigenvalue weighted by Crippen LogP contribution is 2.34. The van der Waals surface area contributed by atoms with Crippen molar-refractivity contribution in [3.05, 3.63) is 83.9 Å². The fourth-order valence-electron chi connectivity index (χ4n) is 4.16. The molecular weight excluding hydrogens is 424 g/mol. The van der Waals surface area contributed by atoms with Crippen LogP contribution >= 0.6 is 0 Å². The Bertz CT molecular complexity index is 1240. The number of ether oxygens (including phenoxy) is 1. The van der Waals surface area contributed by atoms with Crippen molar-refractivity contribution in [2.24, 2.45) is 0 Å². The molecule has 3 aromatic rings. The second kappa shape index (κ2) is 8.67. The molecule has 0 radical (unpaired) electrons. The molecule has 0 fully saturated rings. The predicted molar refractivity (Wildman–Crippen MR) is 126 cm³/mol. The summed E-state index contributed by atoms with van der Waals surface area (Å²) in [5, 5.41) is 0. The minimum atomic E-state index is -4.08. The fourth-order valence-corrected chi connectivity index (χ4v) is 5.82. The Hall–Kier alpha value is -3.32. The normalized spacial score (nSPS) is 15.3. The highest BCUT2D eigenvalue weighted by molar-refractivity contribution is 7.93. The zero-order chi connectivity index (χ0) is 22.9. The first kappa shape index (κ1) is 21.9. The first-order valence-electron chi connectivity index (χ1n) is 10.5.